The van der Waals surface area contributed by atoms with Crippen LogP contribution in [0.25, 0.3) is 0 Å². The summed E-state index contributed by atoms with van der Waals surface area (Å²) in [7, 11) is 0. The van der Waals surface area contributed by atoms with E-state index in [1.165, 1.54) is 32.1 Å². The van der Waals surface area contributed by atoms with E-state index in [9.17, 15) is 9.59 Å². The van der Waals surface area contributed by atoms with Gasteiger partial charge in [-0.15, -0.1) is 0 Å². The van der Waals surface area contributed by atoms with Gasteiger partial charge in [0.1, 0.15) is 11.7 Å². The molecule has 3 fully saturated rings. The number of ether oxygens (including phenoxy) is 1. The molecule has 6 atom stereocenters. The molecule has 4 aliphatic rings. The van der Waals surface area contributed by atoms with Crippen LogP contribution in [0.1, 0.15) is 79.6 Å². The van der Waals surface area contributed by atoms with Crippen molar-refractivity contribution in [2.24, 2.45) is 34.5 Å². The minimum absolute atomic E-state index is 0.184. The van der Waals surface area contributed by atoms with E-state index in [0.29, 0.717) is 23.7 Å². The molecular formula is C23H35NO3. The molecule has 27 heavy (non-hydrogen) atoms. The number of nitrogens with one attached hydrogen (secondary N) is 1. The average molecular weight is 374 g/mol. The van der Waals surface area contributed by atoms with Gasteiger partial charge in [-0.1, -0.05) is 20.3 Å². The molecular weight excluding hydrogens is 338 g/mol. The second-order valence-electron chi connectivity index (χ2n) is 11.1. The van der Waals surface area contributed by atoms with E-state index in [4.69, 9.17) is 4.74 Å². The lowest BCUT2D eigenvalue weighted by Gasteiger charge is -2.56. The number of rotatable bonds is 1. The molecule has 1 saturated heterocycles. The molecule has 0 aromatic heterocycles. The average Bonchev–Trinajstić information content (AvgIpc) is 2.95. The van der Waals surface area contributed by atoms with Gasteiger partial charge >= 0.3 is 5.97 Å². The fourth-order valence-corrected chi connectivity index (χ4v) is 6.81. The molecule has 0 aromatic carbocycles. The maximum Gasteiger partial charge on any atom is 0.323 e. The summed E-state index contributed by atoms with van der Waals surface area (Å²) in [5, 5.41) is 2.99. The van der Waals surface area contributed by atoms with Gasteiger partial charge in [0.15, 0.2) is 0 Å². The zero-order valence-corrected chi connectivity index (χ0v) is 17.6. The number of hydrogen-bond acceptors (Lipinski definition) is 3. The zero-order valence-electron chi connectivity index (χ0n) is 17.6. The Balaban J connectivity index is 1.61. The van der Waals surface area contributed by atoms with Crippen molar-refractivity contribution in [3.05, 3.63) is 11.8 Å². The Hall–Kier alpha value is -1.32. The van der Waals surface area contributed by atoms with E-state index in [0.717, 1.165) is 18.1 Å². The van der Waals surface area contributed by atoms with Crippen molar-refractivity contribution in [1.29, 1.82) is 0 Å². The monoisotopic (exact) mass is 373 g/mol. The van der Waals surface area contributed by atoms with E-state index in [2.05, 4.69) is 25.2 Å². The van der Waals surface area contributed by atoms with Crippen molar-refractivity contribution in [2.75, 3.05) is 0 Å². The first-order valence-electron chi connectivity index (χ1n) is 10.8. The lowest BCUT2D eigenvalue weighted by atomic mass is 9.50. The second-order valence-corrected chi connectivity index (χ2v) is 11.1. The third kappa shape index (κ3) is 3.03. The molecule has 3 aliphatic carbocycles. The lowest BCUT2D eigenvalue weighted by Crippen LogP contribution is -2.54. The number of hydrogen-bond donors (Lipinski definition) is 1. The number of amides is 1. The van der Waals surface area contributed by atoms with E-state index < -0.39 is 5.92 Å². The van der Waals surface area contributed by atoms with E-state index >= 15 is 0 Å². The summed E-state index contributed by atoms with van der Waals surface area (Å²) in [5.41, 5.74) is -0.0438. The zero-order chi connectivity index (χ0) is 19.6. The van der Waals surface area contributed by atoms with Gasteiger partial charge in [0.05, 0.1) is 0 Å². The second kappa shape index (κ2) is 6.09. The summed E-state index contributed by atoms with van der Waals surface area (Å²) in [5.74, 6) is 1.56. The van der Waals surface area contributed by atoms with Crippen LogP contribution in [0.3, 0.4) is 0 Å². The molecule has 1 amide bonds. The Morgan fingerprint density at radius 1 is 1.19 bits per heavy atom. The molecule has 0 aromatic rings. The fraction of sp³-hybridized carbons (Fsp3) is 0.826. The van der Waals surface area contributed by atoms with Crippen LogP contribution in [0.5, 0.6) is 0 Å². The molecule has 1 aliphatic heterocycles. The predicted octanol–water partition coefficient (Wildman–Crippen LogP) is 4.59. The topological polar surface area (TPSA) is 55.4 Å². The van der Waals surface area contributed by atoms with Crippen molar-refractivity contribution in [3.8, 4) is 0 Å². The Morgan fingerprint density at radius 2 is 1.93 bits per heavy atom. The van der Waals surface area contributed by atoms with E-state index in [1.54, 1.807) is 0 Å². The summed E-state index contributed by atoms with van der Waals surface area (Å²) in [6.45, 7) is 10.6. The molecule has 0 spiro atoms. The molecule has 2 saturated carbocycles. The van der Waals surface area contributed by atoms with Gasteiger partial charge in [-0.3, -0.25) is 9.59 Å². The smallest absolute Gasteiger partial charge is 0.323 e. The van der Waals surface area contributed by atoms with Gasteiger partial charge in [0.25, 0.3) is 0 Å². The Kier molecular flexibility index (Phi) is 4.29. The van der Waals surface area contributed by atoms with Crippen LogP contribution >= 0.6 is 0 Å². The summed E-state index contributed by atoms with van der Waals surface area (Å²) in [6.07, 6.45) is 10.3. The van der Waals surface area contributed by atoms with Crippen molar-refractivity contribution in [1.82, 2.24) is 5.32 Å². The van der Waals surface area contributed by atoms with Gasteiger partial charge in [-0.25, -0.2) is 0 Å². The first-order chi connectivity index (χ1) is 12.5. The van der Waals surface area contributed by atoms with E-state index in [-0.39, 0.29) is 22.8 Å². The predicted molar refractivity (Wildman–Crippen MR) is 105 cm³/mol. The Bertz CT molecular complexity index is 690. The largest absolute Gasteiger partial charge is 0.430 e. The van der Waals surface area contributed by atoms with E-state index in [1.807, 2.05) is 20.8 Å². The highest BCUT2D eigenvalue weighted by Crippen LogP contribution is 2.64. The molecule has 1 unspecified atom stereocenters. The quantitative estimate of drug-likeness (QED) is 0.540. The SMILES string of the molecule is CC(C)(C)NC(=O)C1C[C@@]2(C)C(=CC[C@@H]3[C@H]2CC[C@]2(C)CCC[C@@H]32)OC1=O. The van der Waals surface area contributed by atoms with Crippen LogP contribution in [0.4, 0.5) is 0 Å². The summed E-state index contributed by atoms with van der Waals surface area (Å²) >= 11 is 0. The Morgan fingerprint density at radius 3 is 2.63 bits per heavy atom. The van der Waals surface area contributed by atoms with Gasteiger partial charge in [0, 0.05) is 11.0 Å². The molecule has 1 heterocycles. The summed E-state index contributed by atoms with van der Waals surface area (Å²) in [6, 6.07) is 0. The molecule has 0 bridgehead atoms. The van der Waals surface area contributed by atoms with Crippen LogP contribution in [-0.2, 0) is 14.3 Å². The highest BCUT2D eigenvalue weighted by Gasteiger charge is 2.59. The van der Waals surface area contributed by atoms with Crippen LogP contribution in [0.15, 0.2) is 11.8 Å². The molecule has 0 radical (unpaired) electrons. The maximum atomic E-state index is 12.8. The molecule has 150 valence electrons. The Labute approximate surface area is 163 Å². The minimum Gasteiger partial charge on any atom is -0.430 e. The third-order valence-corrected chi connectivity index (χ3v) is 8.11. The van der Waals surface area contributed by atoms with Gasteiger partial charge in [-0.05, 0) is 88.5 Å². The van der Waals surface area contributed by atoms with Crippen molar-refractivity contribution >= 4 is 11.9 Å². The van der Waals surface area contributed by atoms with Crippen LogP contribution in [0.2, 0.25) is 0 Å². The first kappa shape index (κ1) is 19.0. The minimum atomic E-state index is -0.693. The third-order valence-electron chi connectivity index (χ3n) is 8.11. The number of carbonyl (C=O) groups excluding carboxylic acids is 2. The number of allylic oxidation sites excluding steroid dienone is 2. The number of fused-ring (bicyclic) bond motifs is 5. The number of esters is 1. The van der Waals surface area contributed by atoms with Crippen LogP contribution in [-0.4, -0.2) is 17.4 Å². The fourth-order valence-electron chi connectivity index (χ4n) is 6.81. The molecule has 4 heteroatoms. The number of carbonyl (C=O) groups is 2. The van der Waals surface area contributed by atoms with Crippen molar-refractivity contribution in [2.45, 2.75) is 85.1 Å². The summed E-state index contributed by atoms with van der Waals surface area (Å²) < 4.78 is 5.79. The van der Waals surface area contributed by atoms with Crippen LogP contribution < -0.4 is 5.32 Å². The molecule has 1 N–H and O–H groups in total. The van der Waals surface area contributed by atoms with Crippen molar-refractivity contribution < 1.29 is 14.3 Å². The van der Waals surface area contributed by atoms with Crippen LogP contribution in [0, 0.1) is 34.5 Å². The first-order valence-corrected chi connectivity index (χ1v) is 10.8. The van der Waals surface area contributed by atoms with Gasteiger partial charge in [-0.2, -0.15) is 0 Å². The summed E-state index contributed by atoms with van der Waals surface area (Å²) in [4.78, 5) is 25.4. The lowest BCUT2D eigenvalue weighted by molar-refractivity contribution is -0.163. The molecule has 4 rings (SSSR count). The van der Waals surface area contributed by atoms with Gasteiger partial charge < -0.3 is 10.1 Å². The molecule has 4 nitrogen and oxygen atoms in total. The standard InChI is InChI=1S/C23H35NO3/c1-21(2,3)24-19(25)15-13-23(5)17-10-12-22(4)11-6-7-16(22)14(17)8-9-18(23)27-20(15)26/h9,14-17H,6-8,10-13H2,1-5H3,(H,24,25)/t14-,15?,16-,17+,22-,23+/m0/s1. The normalized spacial score (nSPS) is 43.7. The highest BCUT2D eigenvalue weighted by molar-refractivity contribution is 5.99. The van der Waals surface area contributed by atoms with Gasteiger partial charge in [0.2, 0.25) is 5.91 Å². The highest BCUT2D eigenvalue weighted by atomic mass is 16.5. The maximum absolute atomic E-state index is 12.8. The van der Waals surface area contributed by atoms with Crippen molar-refractivity contribution in [3.63, 3.8) is 0 Å².